The van der Waals surface area contributed by atoms with Gasteiger partial charge in [0.15, 0.2) is 6.29 Å². The van der Waals surface area contributed by atoms with Crippen molar-refractivity contribution in [2.75, 3.05) is 26.8 Å². The highest BCUT2D eigenvalue weighted by Gasteiger charge is 2.36. The molecule has 4 amide bonds. The van der Waals surface area contributed by atoms with Crippen LogP contribution in [-0.4, -0.2) is 89.5 Å². The number of likely N-dealkylation sites (N-methyl/N-ethyl adjacent to an activating group) is 1. The number of ether oxygens (including phenoxy) is 3. The van der Waals surface area contributed by atoms with Crippen LogP contribution in [0.1, 0.15) is 59.1 Å². The van der Waals surface area contributed by atoms with Crippen molar-refractivity contribution in [1.29, 1.82) is 0 Å². The van der Waals surface area contributed by atoms with E-state index in [-0.39, 0.29) is 19.6 Å². The Morgan fingerprint density at radius 1 is 0.849 bits per heavy atom. The van der Waals surface area contributed by atoms with Crippen molar-refractivity contribution in [3.8, 4) is 0 Å². The number of aromatic nitrogens is 1. The van der Waals surface area contributed by atoms with E-state index in [0.29, 0.717) is 18.7 Å². The minimum atomic E-state index is -1.32. The number of benzene rings is 3. The van der Waals surface area contributed by atoms with E-state index in [1.807, 2.05) is 86.6 Å². The van der Waals surface area contributed by atoms with Crippen LogP contribution in [0.25, 0.3) is 21.7 Å². The number of carbonyl (C=O) groups is 4. The SMILES string of the molecule is CCOC(OCC)[C@H](C)N(Cc1cccc2cccnc12)C(=O)C(CC(=O)OC(C)(C)C)NC(=O)CN(C)NC(=O)NCc1cccc2ccccc12. The topological polar surface area (TPSA) is 151 Å². The maximum Gasteiger partial charge on any atom is 0.329 e. The Morgan fingerprint density at radius 3 is 2.19 bits per heavy atom. The summed E-state index contributed by atoms with van der Waals surface area (Å²) in [6, 6.07) is 20.8. The second kappa shape index (κ2) is 19.1. The first-order chi connectivity index (χ1) is 25.3. The molecular weight excluding hydrogens is 676 g/mol. The van der Waals surface area contributed by atoms with Crippen molar-refractivity contribution in [3.05, 3.63) is 90.1 Å². The number of pyridine rings is 1. The lowest BCUT2D eigenvalue weighted by atomic mass is 10.0. The van der Waals surface area contributed by atoms with Crippen LogP contribution >= 0.6 is 0 Å². The Kier molecular flexibility index (Phi) is 14.7. The molecule has 3 N–H and O–H groups in total. The molecule has 2 atom stereocenters. The van der Waals surface area contributed by atoms with E-state index >= 15 is 0 Å². The summed E-state index contributed by atoms with van der Waals surface area (Å²) in [6.07, 6.45) is 0.456. The highest BCUT2D eigenvalue weighted by Crippen LogP contribution is 2.23. The molecule has 0 radical (unpaired) electrons. The predicted octanol–water partition coefficient (Wildman–Crippen LogP) is 5.07. The number of nitrogens with one attached hydrogen (secondary N) is 3. The summed E-state index contributed by atoms with van der Waals surface area (Å²) >= 11 is 0. The first-order valence-electron chi connectivity index (χ1n) is 17.9. The second-order valence-corrected chi connectivity index (χ2v) is 13.7. The molecule has 4 rings (SSSR count). The maximum absolute atomic E-state index is 14.6. The average Bonchev–Trinajstić information content (AvgIpc) is 3.11. The molecule has 0 spiro atoms. The Balaban J connectivity index is 1.53. The average molecular weight is 729 g/mol. The summed E-state index contributed by atoms with van der Waals surface area (Å²) in [6.45, 7) is 11.3. The molecule has 0 aliphatic rings. The number of hydrogen-bond acceptors (Lipinski definition) is 9. The lowest BCUT2D eigenvalue weighted by Gasteiger charge is -2.36. The van der Waals surface area contributed by atoms with Gasteiger partial charge in [0.05, 0.1) is 24.5 Å². The molecule has 1 heterocycles. The maximum atomic E-state index is 14.6. The third kappa shape index (κ3) is 12.0. The fourth-order valence-corrected chi connectivity index (χ4v) is 5.98. The normalized spacial score (nSPS) is 12.8. The molecule has 1 unspecified atom stereocenters. The van der Waals surface area contributed by atoms with E-state index in [2.05, 4.69) is 21.0 Å². The van der Waals surface area contributed by atoms with Gasteiger partial charge in [0.2, 0.25) is 11.8 Å². The number of hydrazine groups is 1. The number of amides is 4. The molecule has 13 heteroatoms. The van der Waals surface area contributed by atoms with Crippen LogP contribution in [-0.2, 0) is 41.7 Å². The van der Waals surface area contributed by atoms with E-state index in [1.165, 1.54) is 17.0 Å². The van der Waals surface area contributed by atoms with Crippen LogP contribution < -0.4 is 16.1 Å². The first kappa shape index (κ1) is 40.7. The summed E-state index contributed by atoms with van der Waals surface area (Å²) in [5, 5.41) is 9.83. The summed E-state index contributed by atoms with van der Waals surface area (Å²) in [5.74, 6) is -1.81. The van der Waals surface area contributed by atoms with Gasteiger partial charge in [-0.05, 0) is 69.5 Å². The fraction of sp³-hybridized carbons (Fsp3) is 0.425. The van der Waals surface area contributed by atoms with Crippen molar-refractivity contribution in [3.63, 3.8) is 0 Å². The van der Waals surface area contributed by atoms with E-state index in [1.54, 1.807) is 33.9 Å². The van der Waals surface area contributed by atoms with E-state index in [0.717, 1.165) is 27.3 Å². The van der Waals surface area contributed by atoms with E-state index < -0.39 is 54.2 Å². The minimum Gasteiger partial charge on any atom is -0.460 e. The summed E-state index contributed by atoms with van der Waals surface area (Å²) in [5.41, 5.74) is 4.22. The number of nitrogens with zero attached hydrogens (tertiary/aromatic N) is 3. The fourth-order valence-electron chi connectivity index (χ4n) is 5.98. The molecule has 0 aliphatic carbocycles. The number of rotatable bonds is 17. The molecule has 1 aromatic heterocycles. The Labute approximate surface area is 311 Å². The Morgan fingerprint density at radius 2 is 1.49 bits per heavy atom. The quantitative estimate of drug-likeness (QED) is 0.0770. The van der Waals surface area contributed by atoms with Crippen molar-refractivity contribution in [1.82, 2.24) is 31.0 Å². The third-order valence-electron chi connectivity index (χ3n) is 8.30. The van der Waals surface area contributed by atoms with Crippen LogP contribution in [0.5, 0.6) is 0 Å². The molecule has 0 saturated heterocycles. The lowest BCUT2D eigenvalue weighted by Crippen LogP contribution is -2.56. The number of hydrogen-bond donors (Lipinski definition) is 3. The summed E-state index contributed by atoms with van der Waals surface area (Å²) in [4.78, 5) is 60.2. The van der Waals surface area contributed by atoms with E-state index in [4.69, 9.17) is 14.2 Å². The highest BCUT2D eigenvalue weighted by molar-refractivity contribution is 5.92. The largest absolute Gasteiger partial charge is 0.460 e. The van der Waals surface area contributed by atoms with Gasteiger partial charge in [-0.2, -0.15) is 0 Å². The molecule has 0 bridgehead atoms. The molecular formula is C40H52N6O7. The molecule has 0 fully saturated rings. The van der Waals surface area contributed by atoms with Gasteiger partial charge < -0.3 is 29.7 Å². The second-order valence-electron chi connectivity index (χ2n) is 13.7. The molecule has 0 saturated carbocycles. The Bertz CT molecular complexity index is 1850. The highest BCUT2D eigenvalue weighted by atomic mass is 16.7. The molecule has 13 nitrogen and oxygen atoms in total. The molecule has 53 heavy (non-hydrogen) atoms. The zero-order valence-electron chi connectivity index (χ0n) is 31.7. The first-order valence-corrected chi connectivity index (χ1v) is 17.9. The van der Waals surface area contributed by atoms with Crippen molar-refractivity contribution in [2.45, 2.75) is 85.0 Å². The zero-order valence-corrected chi connectivity index (χ0v) is 31.7. The molecule has 3 aromatic carbocycles. The number of para-hydroxylation sites is 1. The lowest BCUT2D eigenvalue weighted by molar-refractivity contribution is -0.180. The molecule has 4 aromatic rings. The Hall–Kier alpha value is -5.11. The molecule has 0 aliphatic heterocycles. The van der Waals surface area contributed by atoms with Crippen molar-refractivity contribution < 1.29 is 33.4 Å². The number of urea groups is 1. The van der Waals surface area contributed by atoms with Crippen molar-refractivity contribution >= 4 is 45.5 Å². The van der Waals surface area contributed by atoms with Gasteiger partial charge in [-0.15, -0.1) is 0 Å². The standard InChI is InChI=1S/C40H52N6O7/c1-8-51-38(52-9-2)27(3)46(25-31-19-13-17-29-20-14-22-41-36(29)31)37(49)33(23-35(48)53-40(4,5)6)43-34(47)26-45(7)44-39(50)42-24-30-18-12-16-28-15-10-11-21-32(28)30/h10-22,27,33,38H,8-9,23-26H2,1-7H3,(H,43,47)(H2,42,44,50)/t27-,33?/m0/s1. The zero-order chi connectivity index (χ0) is 38.5. The van der Waals surface area contributed by atoms with Gasteiger partial charge >= 0.3 is 12.0 Å². The predicted molar refractivity (Wildman–Crippen MR) is 203 cm³/mol. The van der Waals surface area contributed by atoms with Crippen LogP contribution in [0.15, 0.2) is 79.0 Å². The van der Waals surface area contributed by atoms with Crippen LogP contribution in [0, 0.1) is 0 Å². The van der Waals surface area contributed by atoms with Crippen LogP contribution in [0.2, 0.25) is 0 Å². The third-order valence-corrected chi connectivity index (χ3v) is 8.30. The minimum absolute atomic E-state index is 0.0873. The van der Waals surface area contributed by atoms with Gasteiger partial charge in [0, 0.05) is 44.9 Å². The number of esters is 1. The van der Waals surface area contributed by atoms with Crippen LogP contribution in [0.3, 0.4) is 0 Å². The van der Waals surface area contributed by atoms with Gasteiger partial charge in [-0.1, -0.05) is 66.7 Å². The van der Waals surface area contributed by atoms with Gasteiger partial charge in [-0.25, -0.2) is 9.80 Å². The van der Waals surface area contributed by atoms with Gasteiger partial charge in [0.1, 0.15) is 11.6 Å². The number of carbonyl (C=O) groups excluding carboxylic acids is 4. The van der Waals surface area contributed by atoms with Gasteiger partial charge in [0.25, 0.3) is 0 Å². The molecule has 284 valence electrons. The van der Waals surface area contributed by atoms with Crippen molar-refractivity contribution in [2.24, 2.45) is 0 Å². The summed E-state index contributed by atoms with van der Waals surface area (Å²) < 4.78 is 17.4. The van der Waals surface area contributed by atoms with Crippen LogP contribution in [0.4, 0.5) is 4.79 Å². The summed E-state index contributed by atoms with van der Waals surface area (Å²) in [7, 11) is 1.53. The number of fused-ring (bicyclic) bond motifs is 2. The monoisotopic (exact) mass is 728 g/mol. The smallest absolute Gasteiger partial charge is 0.329 e. The van der Waals surface area contributed by atoms with E-state index in [9.17, 15) is 19.2 Å². The van der Waals surface area contributed by atoms with Gasteiger partial charge in [-0.3, -0.25) is 24.8 Å².